The van der Waals surface area contributed by atoms with Crippen LogP contribution in [0, 0.1) is 9.39 Å². The largest absolute Gasteiger partial charge is 0.396 e. The number of halogens is 3. The summed E-state index contributed by atoms with van der Waals surface area (Å²) >= 11 is 2.22. The van der Waals surface area contributed by atoms with Crippen LogP contribution in [0.25, 0.3) is 0 Å². The molecule has 2 rings (SSSR count). The van der Waals surface area contributed by atoms with Crippen LogP contribution in [-0.4, -0.2) is 42.8 Å². The third-order valence-electron chi connectivity index (χ3n) is 3.55. The van der Waals surface area contributed by atoms with E-state index in [2.05, 4.69) is 32.8 Å². The predicted octanol–water partition coefficient (Wildman–Crippen LogP) is 2.57. The van der Waals surface area contributed by atoms with Gasteiger partial charge in [0.15, 0.2) is 0 Å². The molecule has 0 radical (unpaired) electrons. The molecule has 3 nitrogen and oxygen atoms in total. The van der Waals surface area contributed by atoms with Crippen molar-refractivity contribution in [3.63, 3.8) is 0 Å². The molecule has 0 aromatic heterocycles. The quantitative estimate of drug-likeness (QED) is 0.727. The van der Waals surface area contributed by atoms with E-state index in [4.69, 9.17) is 5.11 Å². The molecule has 0 aliphatic carbocycles. The van der Waals surface area contributed by atoms with Crippen LogP contribution in [0.5, 0.6) is 0 Å². The topological polar surface area (TPSA) is 35.5 Å². The number of piperazine rings is 1. The molecule has 0 unspecified atom stereocenters. The maximum atomic E-state index is 14.1. The lowest BCUT2D eigenvalue weighted by Gasteiger charge is -2.35. The van der Waals surface area contributed by atoms with Gasteiger partial charge in [0.1, 0.15) is 5.82 Å². The molecule has 1 aromatic rings. The minimum absolute atomic E-state index is 0. The molecule has 2 N–H and O–H groups in total. The van der Waals surface area contributed by atoms with Crippen LogP contribution in [0.2, 0.25) is 0 Å². The first-order valence-corrected chi connectivity index (χ1v) is 7.81. The molecule has 1 aliphatic rings. The zero-order chi connectivity index (χ0) is 13.7. The summed E-state index contributed by atoms with van der Waals surface area (Å²) in [5, 5.41) is 12.4. The van der Waals surface area contributed by atoms with Crippen molar-refractivity contribution in [2.45, 2.75) is 18.9 Å². The van der Waals surface area contributed by atoms with Gasteiger partial charge in [-0.3, -0.25) is 4.90 Å². The van der Waals surface area contributed by atoms with Gasteiger partial charge >= 0.3 is 0 Å². The van der Waals surface area contributed by atoms with Crippen LogP contribution in [0.4, 0.5) is 4.39 Å². The average molecular weight is 415 g/mol. The Morgan fingerprint density at radius 3 is 2.70 bits per heavy atom. The van der Waals surface area contributed by atoms with Crippen molar-refractivity contribution in [2.75, 3.05) is 32.8 Å². The van der Waals surface area contributed by atoms with Gasteiger partial charge in [-0.15, -0.1) is 12.4 Å². The molecule has 6 heteroatoms. The van der Waals surface area contributed by atoms with E-state index in [1.165, 1.54) is 0 Å². The molecular formula is C14H21ClFIN2O. The first kappa shape index (κ1) is 18.1. The van der Waals surface area contributed by atoms with Gasteiger partial charge in [0.25, 0.3) is 0 Å². The van der Waals surface area contributed by atoms with E-state index >= 15 is 0 Å². The first-order valence-electron chi connectivity index (χ1n) is 6.73. The van der Waals surface area contributed by atoms with Gasteiger partial charge in [0, 0.05) is 48.0 Å². The lowest BCUT2D eigenvalue weighted by Crippen LogP contribution is -2.45. The monoisotopic (exact) mass is 414 g/mol. The minimum atomic E-state index is -0.137. The van der Waals surface area contributed by atoms with Gasteiger partial charge in [-0.2, -0.15) is 0 Å². The number of hydrogen-bond donors (Lipinski definition) is 2. The Hall–Kier alpha value is 0.0500. The lowest BCUT2D eigenvalue weighted by molar-refractivity contribution is 0.151. The highest BCUT2D eigenvalue weighted by atomic mass is 127. The number of benzene rings is 1. The lowest BCUT2D eigenvalue weighted by atomic mass is 9.99. The maximum absolute atomic E-state index is 14.1. The summed E-state index contributed by atoms with van der Waals surface area (Å²) in [7, 11) is 0. The van der Waals surface area contributed by atoms with E-state index in [-0.39, 0.29) is 30.9 Å². The van der Waals surface area contributed by atoms with Crippen molar-refractivity contribution in [2.24, 2.45) is 0 Å². The highest BCUT2D eigenvalue weighted by Gasteiger charge is 2.24. The Morgan fingerprint density at radius 2 is 2.05 bits per heavy atom. The number of aliphatic hydroxyl groups excluding tert-OH is 1. The van der Waals surface area contributed by atoms with Crippen molar-refractivity contribution in [3.8, 4) is 0 Å². The summed E-state index contributed by atoms with van der Waals surface area (Å²) in [6.45, 7) is 3.92. The number of rotatable bonds is 5. The zero-order valence-electron chi connectivity index (χ0n) is 11.3. The Balaban J connectivity index is 0.00000200. The second-order valence-corrected chi connectivity index (χ2v) is 6.08. The van der Waals surface area contributed by atoms with E-state index < -0.39 is 0 Å². The number of aliphatic hydroxyl groups is 1. The molecule has 20 heavy (non-hydrogen) atoms. The van der Waals surface area contributed by atoms with Gasteiger partial charge in [0.05, 0.1) is 0 Å². The molecule has 1 atom stereocenters. The van der Waals surface area contributed by atoms with Crippen LogP contribution < -0.4 is 5.32 Å². The second-order valence-electron chi connectivity index (χ2n) is 4.83. The fraction of sp³-hybridized carbons (Fsp3) is 0.571. The molecule has 0 bridgehead atoms. The predicted molar refractivity (Wildman–Crippen MR) is 89.9 cm³/mol. The molecule has 1 saturated heterocycles. The Morgan fingerprint density at radius 1 is 1.35 bits per heavy atom. The van der Waals surface area contributed by atoms with E-state index in [0.29, 0.717) is 6.42 Å². The van der Waals surface area contributed by atoms with Crippen molar-refractivity contribution in [1.82, 2.24) is 10.2 Å². The Kier molecular flexibility index (Phi) is 8.28. The van der Waals surface area contributed by atoms with Crippen LogP contribution in [0.15, 0.2) is 18.2 Å². The van der Waals surface area contributed by atoms with Crippen molar-refractivity contribution >= 4 is 35.0 Å². The SMILES string of the molecule is Cl.OCCC[C@H](c1cc(I)ccc1F)N1CCNCC1. The number of nitrogens with one attached hydrogen (secondary N) is 1. The second kappa shape index (κ2) is 9.15. The molecular weight excluding hydrogens is 394 g/mol. The molecule has 1 fully saturated rings. The van der Waals surface area contributed by atoms with Crippen molar-refractivity contribution < 1.29 is 9.50 Å². The average Bonchev–Trinajstić information content (AvgIpc) is 2.44. The Bertz CT molecular complexity index is 416. The first-order chi connectivity index (χ1) is 9.22. The maximum Gasteiger partial charge on any atom is 0.128 e. The Labute approximate surface area is 139 Å². The summed E-state index contributed by atoms with van der Waals surface area (Å²) in [5.41, 5.74) is 0.766. The van der Waals surface area contributed by atoms with E-state index in [9.17, 15) is 4.39 Å². The highest BCUT2D eigenvalue weighted by Crippen LogP contribution is 2.29. The minimum Gasteiger partial charge on any atom is -0.396 e. The van der Waals surface area contributed by atoms with Crippen molar-refractivity contribution in [1.29, 1.82) is 0 Å². The van der Waals surface area contributed by atoms with Gasteiger partial charge in [-0.1, -0.05) is 0 Å². The molecule has 0 spiro atoms. The number of hydrogen-bond acceptors (Lipinski definition) is 3. The summed E-state index contributed by atoms with van der Waals surface area (Å²) in [6.07, 6.45) is 1.51. The van der Waals surface area contributed by atoms with Gasteiger partial charge < -0.3 is 10.4 Å². The third kappa shape index (κ3) is 4.80. The van der Waals surface area contributed by atoms with Gasteiger partial charge in [-0.05, 0) is 53.6 Å². The smallest absolute Gasteiger partial charge is 0.128 e. The zero-order valence-corrected chi connectivity index (χ0v) is 14.3. The molecule has 1 heterocycles. The third-order valence-corrected chi connectivity index (χ3v) is 4.22. The summed E-state index contributed by atoms with van der Waals surface area (Å²) in [6, 6.07) is 5.34. The molecule has 1 aliphatic heterocycles. The summed E-state index contributed by atoms with van der Waals surface area (Å²) in [4.78, 5) is 2.32. The summed E-state index contributed by atoms with van der Waals surface area (Å²) < 4.78 is 15.1. The number of nitrogens with zero attached hydrogens (tertiary/aromatic N) is 1. The summed E-state index contributed by atoms with van der Waals surface area (Å²) in [5.74, 6) is -0.137. The van der Waals surface area contributed by atoms with Crippen LogP contribution in [0.3, 0.4) is 0 Å². The van der Waals surface area contributed by atoms with Crippen molar-refractivity contribution in [3.05, 3.63) is 33.1 Å². The molecule has 114 valence electrons. The van der Waals surface area contributed by atoms with E-state index in [1.807, 2.05) is 6.07 Å². The van der Waals surface area contributed by atoms with Crippen LogP contribution >= 0.6 is 35.0 Å². The van der Waals surface area contributed by atoms with Gasteiger partial charge in [0.2, 0.25) is 0 Å². The molecule has 0 amide bonds. The normalized spacial score (nSPS) is 17.6. The fourth-order valence-electron chi connectivity index (χ4n) is 2.58. The highest BCUT2D eigenvalue weighted by molar-refractivity contribution is 14.1. The van der Waals surface area contributed by atoms with E-state index in [0.717, 1.165) is 41.7 Å². The van der Waals surface area contributed by atoms with E-state index in [1.54, 1.807) is 12.1 Å². The van der Waals surface area contributed by atoms with Crippen LogP contribution in [0.1, 0.15) is 24.4 Å². The molecule has 1 aromatic carbocycles. The standard InChI is InChI=1S/C14H20FIN2O.ClH/c15-13-4-3-11(16)10-12(13)14(2-1-9-19)18-7-5-17-6-8-18;/h3-4,10,14,17,19H,1-2,5-9H2;1H/t14-;/m1./s1. The van der Waals surface area contributed by atoms with Crippen LogP contribution in [-0.2, 0) is 0 Å². The fourth-order valence-corrected chi connectivity index (χ4v) is 3.10. The van der Waals surface area contributed by atoms with Gasteiger partial charge in [-0.25, -0.2) is 4.39 Å². The molecule has 0 saturated carbocycles.